The first-order valence-corrected chi connectivity index (χ1v) is 9.21. The van der Waals surface area contributed by atoms with Crippen LogP contribution >= 0.6 is 11.6 Å². The smallest absolute Gasteiger partial charge is 0.332 e. The molecule has 142 valence electrons. The van der Waals surface area contributed by atoms with Crippen LogP contribution in [0.5, 0.6) is 0 Å². The van der Waals surface area contributed by atoms with Gasteiger partial charge in [0.1, 0.15) is 6.54 Å². The fourth-order valence-corrected chi connectivity index (χ4v) is 3.97. The third kappa shape index (κ3) is 3.06. The van der Waals surface area contributed by atoms with E-state index in [0.29, 0.717) is 11.8 Å². The van der Waals surface area contributed by atoms with Crippen LogP contribution in [-0.2, 0) is 25.4 Å². The lowest BCUT2D eigenvalue weighted by molar-refractivity contribution is -0.123. The molecule has 3 atom stereocenters. The van der Waals surface area contributed by atoms with Crippen LogP contribution in [0.2, 0.25) is 5.28 Å². The maximum atomic E-state index is 12.6. The van der Waals surface area contributed by atoms with Crippen molar-refractivity contribution in [2.45, 2.75) is 45.7 Å². The van der Waals surface area contributed by atoms with E-state index in [2.05, 4.69) is 24.1 Å². The highest BCUT2D eigenvalue weighted by atomic mass is 35.5. The van der Waals surface area contributed by atoms with Crippen molar-refractivity contribution in [3.05, 3.63) is 26.1 Å². The van der Waals surface area contributed by atoms with Gasteiger partial charge in [0.15, 0.2) is 11.2 Å². The van der Waals surface area contributed by atoms with Crippen LogP contribution in [0.3, 0.4) is 0 Å². The van der Waals surface area contributed by atoms with Gasteiger partial charge in [-0.2, -0.15) is 4.98 Å². The van der Waals surface area contributed by atoms with Crippen molar-refractivity contribution in [3.8, 4) is 0 Å². The van der Waals surface area contributed by atoms with Crippen LogP contribution in [0.15, 0.2) is 9.59 Å². The highest BCUT2D eigenvalue weighted by Crippen LogP contribution is 2.29. The van der Waals surface area contributed by atoms with Crippen LogP contribution < -0.4 is 16.6 Å². The van der Waals surface area contributed by atoms with Gasteiger partial charge in [-0.3, -0.25) is 23.3 Å². The van der Waals surface area contributed by atoms with Gasteiger partial charge in [0.2, 0.25) is 11.2 Å². The lowest BCUT2D eigenvalue weighted by Crippen LogP contribution is -2.45. The Balaban J connectivity index is 1.92. The first-order valence-electron chi connectivity index (χ1n) is 8.83. The molecule has 1 fully saturated rings. The summed E-state index contributed by atoms with van der Waals surface area (Å²) in [6.07, 6.45) is 3.22. The quantitative estimate of drug-likeness (QED) is 0.804. The molecule has 2 aromatic rings. The number of rotatable bonds is 3. The van der Waals surface area contributed by atoms with Crippen LogP contribution in [0.4, 0.5) is 0 Å². The Kier molecular flexibility index (Phi) is 4.96. The molecule has 1 saturated carbocycles. The predicted octanol–water partition coefficient (Wildman–Crippen LogP) is 1.03. The molecular weight excluding hydrogens is 358 g/mol. The molecule has 8 nitrogen and oxygen atoms in total. The second-order valence-corrected chi connectivity index (χ2v) is 7.62. The lowest BCUT2D eigenvalue weighted by atomic mass is 9.78. The Morgan fingerprint density at radius 1 is 1.23 bits per heavy atom. The van der Waals surface area contributed by atoms with Gasteiger partial charge in [0.05, 0.1) is 0 Å². The van der Waals surface area contributed by atoms with Crippen molar-refractivity contribution in [1.29, 1.82) is 0 Å². The minimum Gasteiger partial charge on any atom is -0.352 e. The summed E-state index contributed by atoms with van der Waals surface area (Å²) >= 11 is 6.16. The summed E-state index contributed by atoms with van der Waals surface area (Å²) in [6.45, 7) is 4.24. The van der Waals surface area contributed by atoms with Crippen molar-refractivity contribution < 1.29 is 4.79 Å². The molecule has 0 bridgehead atoms. The van der Waals surface area contributed by atoms with Gasteiger partial charge >= 0.3 is 5.69 Å². The number of nitrogens with one attached hydrogen (secondary N) is 1. The van der Waals surface area contributed by atoms with Gasteiger partial charge in [-0.1, -0.05) is 26.7 Å². The van der Waals surface area contributed by atoms with Crippen LogP contribution in [0.25, 0.3) is 11.2 Å². The molecule has 2 heterocycles. The summed E-state index contributed by atoms with van der Waals surface area (Å²) in [5, 5.41) is 3.08. The van der Waals surface area contributed by atoms with E-state index in [9.17, 15) is 14.4 Å². The minimum absolute atomic E-state index is 0.0125. The molecule has 26 heavy (non-hydrogen) atoms. The van der Waals surface area contributed by atoms with Crippen molar-refractivity contribution in [1.82, 2.24) is 24.0 Å². The van der Waals surface area contributed by atoms with E-state index in [4.69, 9.17) is 11.6 Å². The summed E-state index contributed by atoms with van der Waals surface area (Å²) in [5.41, 5.74) is -0.677. The number of aryl methyl sites for hydroxylation is 1. The summed E-state index contributed by atoms with van der Waals surface area (Å²) < 4.78 is 3.60. The zero-order chi connectivity index (χ0) is 19.2. The van der Waals surface area contributed by atoms with Crippen LogP contribution in [0, 0.1) is 11.8 Å². The fraction of sp³-hybridized carbons (Fsp3) is 0.647. The van der Waals surface area contributed by atoms with Gasteiger partial charge in [0.25, 0.3) is 5.56 Å². The third-order valence-corrected chi connectivity index (χ3v) is 5.94. The Hall–Kier alpha value is -2.09. The number of fused-ring (bicyclic) bond motifs is 1. The Labute approximate surface area is 155 Å². The van der Waals surface area contributed by atoms with Crippen molar-refractivity contribution in [2.75, 3.05) is 0 Å². The average Bonchev–Trinajstić information content (AvgIpc) is 2.92. The molecule has 0 saturated heterocycles. The molecule has 0 aromatic carbocycles. The Bertz CT molecular complexity index is 973. The average molecular weight is 382 g/mol. The van der Waals surface area contributed by atoms with Crippen molar-refractivity contribution in [2.24, 2.45) is 25.9 Å². The number of amides is 1. The Morgan fingerprint density at radius 3 is 2.62 bits per heavy atom. The number of halogens is 1. The summed E-state index contributed by atoms with van der Waals surface area (Å²) in [4.78, 5) is 41.2. The van der Waals surface area contributed by atoms with Gasteiger partial charge in [-0.25, -0.2) is 4.79 Å². The van der Waals surface area contributed by atoms with Crippen molar-refractivity contribution >= 4 is 28.7 Å². The SMILES string of the molecule is C[C@H]1[C@@H](NC(=O)Cn2c(Cl)nc3c2c(=O)n(C)c(=O)n3C)CCC[C@@H]1C. The van der Waals surface area contributed by atoms with Crippen LogP contribution in [0.1, 0.15) is 33.1 Å². The minimum atomic E-state index is -0.519. The molecule has 1 aliphatic carbocycles. The van der Waals surface area contributed by atoms with Crippen LogP contribution in [-0.4, -0.2) is 30.6 Å². The first-order chi connectivity index (χ1) is 12.2. The molecule has 3 rings (SSSR count). The lowest BCUT2D eigenvalue weighted by Gasteiger charge is -2.34. The maximum Gasteiger partial charge on any atom is 0.332 e. The zero-order valence-corrected chi connectivity index (χ0v) is 16.2. The van der Waals surface area contributed by atoms with Gasteiger partial charge in [0, 0.05) is 20.1 Å². The second kappa shape index (κ2) is 6.90. The van der Waals surface area contributed by atoms with E-state index >= 15 is 0 Å². The number of carbonyl (C=O) groups is 1. The van der Waals surface area contributed by atoms with Gasteiger partial charge in [-0.05, 0) is 29.9 Å². The highest BCUT2D eigenvalue weighted by molar-refractivity contribution is 6.29. The number of carbonyl (C=O) groups excluding carboxylic acids is 1. The molecule has 0 radical (unpaired) electrons. The highest BCUT2D eigenvalue weighted by Gasteiger charge is 2.28. The van der Waals surface area contributed by atoms with E-state index in [-0.39, 0.29) is 34.9 Å². The van der Waals surface area contributed by atoms with E-state index in [1.807, 2.05) is 0 Å². The maximum absolute atomic E-state index is 12.6. The number of hydrogen-bond acceptors (Lipinski definition) is 4. The third-order valence-electron chi connectivity index (χ3n) is 5.66. The normalized spacial score (nSPS) is 23.3. The summed E-state index contributed by atoms with van der Waals surface area (Å²) in [6, 6.07) is 0.118. The van der Waals surface area contributed by atoms with Gasteiger partial charge < -0.3 is 5.32 Å². The predicted molar refractivity (Wildman–Crippen MR) is 99.3 cm³/mol. The topological polar surface area (TPSA) is 90.9 Å². The van der Waals surface area contributed by atoms with Crippen molar-refractivity contribution in [3.63, 3.8) is 0 Å². The van der Waals surface area contributed by atoms with E-state index in [1.165, 1.54) is 29.7 Å². The molecule has 0 aliphatic heterocycles. The number of nitrogens with zero attached hydrogens (tertiary/aromatic N) is 4. The summed E-state index contributed by atoms with van der Waals surface area (Å²) in [7, 11) is 2.91. The first kappa shape index (κ1) is 18.7. The molecule has 9 heteroatoms. The summed E-state index contributed by atoms with van der Waals surface area (Å²) in [5.74, 6) is 0.748. The number of imidazole rings is 1. The zero-order valence-electron chi connectivity index (χ0n) is 15.5. The standard InChI is InChI=1S/C17H24ClN5O3/c1-9-6-5-7-11(10(9)2)19-12(24)8-23-13-14(20-16(23)18)21(3)17(26)22(4)15(13)25/h9-11H,5-8H2,1-4H3,(H,19,24)/t9-,10+,11-/m0/s1. The molecule has 0 spiro atoms. The molecule has 1 amide bonds. The second-order valence-electron chi connectivity index (χ2n) is 7.29. The molecule has 1 aliphatic rings. The van der Waals surface area contributed by atoms with Gasteiger partial charge in [-0.15, -0.1) is 0 Å². The fourth-order valence-electron chi connectivity index (χ4n) is 3.75. The molecule has 2 aromatic heterocycles. The molecule has 0 unspecified atom stereocenters. The Morgan fingerprint density at radius 2 is 1.92 bits per heavy atom. The number of aromatic nitrogens is 4. The van der Waals surface area contributed by atoms with E-state index in [0.717, 1.165) is 17.4 Å². The molecular formula is C17H24ClN5O3. The van der Waals surface area contributed by atoms with E-state index in [1.54, 1.807) is 0 Å². The largest absolute Gasteiger partial charge is 0.352 e. The van der Waals surface area contributed by atoms with E-state index < -0.39 is 11.2 Å². The monoisotopic (exact) mass is 381 g/mol. The number of hydrogen-bond donors (Lipinski definition) is 1. The molecule has 1 N–H and O–H groups in total.